The summed E-state index contributed by atoms with van der Waals surface area (Å²) in [7, 11) is 1.42. The number of Topliss-reactive ketones (excluding diaryl/α,β-unsaturated/α-hetero) is 2. The summed E-state index contributed by atoms with van der Waals surface area (Å²) in [6, 6.07) is 8.52. The van der Waals surface area contributed by atoms with Gasteiger partial charge in [0.2, 0.25) is 0 Å². The second-order valence-electron chi connectivity index (χ2n) is 9.38. The monoisotopic (exact) mass is 582 g/mol. The van der Waals surface area contributed by atoms with E-state index in [0.29, 0.717) is 17.5 Å². The molecule has 2 aromatic rings. The smallest absolute Gasteiger partial charge is 0.255 e. The summed E-state index contributed by atoms with van der Waals surface area (Å²) in [5.74, 6) is -1.39. The first kappa shape index (κ1) is 33.1. The Kier molecular flexibility index (Phi) is 12.8. The molecule has 2 rings (SSSR count). The normalized spacial score (nSPS) is 11.1. The molecular weight excluding hydrogens is 544 g/mol. The van der Waals surface area contributed by atoms with Gasteiger partial charge in [-0.05, 0) is 55.2 Å². The number of hydrogen-bond acceptors (Lipinski definition) is 8. The summed E-state index contributed by atoms with van der Waals surface area (Å²) < 4.78 is 10.9. The number of nitrogens with one attached hydrogen (secondary N) is 1. The van der Waals surface area contributed by atoms with Gasteiger partial charge >= 0.3 is 0 Å². The topological polar surface area (TPSA) is 254 Å². The molecule has 226 valence electrons. The van der Waals surface area contributed by atoms with Crippen LogP contribution in [0.1, 0.15) is 51.6 Å². The van der Waals surface area contributed by atoms with Crippen molar-refractivity contribution in [3.63, 3.8) is 0 Å². The van der Waals surface area contributed by atoms with Crippen molar-refractivity contribution >= 4 is 35.3 Å². The number of guanidine groups is 2. The Balaban J connectivity index is 2.28. The zero-order chi connectivity index (χ0) is 31.2. The first-order valence-electron chi connectivity index (χ1n) is 13.1. The number of primary amides is 1. The Bertz CT molecular complexity index is 1350. The van der Waals surface area contributed by atoms with Crippen molar-refractivity contribution in [2.75, 3.05) is 26.8 Å². The molecule has 2 aromatic carbocycles. The average Bonchev–Trinajstić information content (AvgIpc) is 2.92. The highest BCUT2D eigenvalue weighted by Gasteiger charge is 2.24. The molecule has 2 amide bonds. The van der Waals surface area contributed by atoms with Crippen LogP contribution in [-0.2, 0) is 22.4 Å². The van der Waals surface area contributed by atoms with E-state index < -0.39 is 17.9 Å². The fourth-order valence-corrected chi connectivity index (χ4v) is 4.04. The molecule has 0 spiro atoms. The molecule has 0 aliphatic rings. The number of ketones is 2. The third kappa shape index (κ3) is 10.8. The molecule has 0 heterocycles. The van der Waals surface area contributed by atoms with Gasteiger partial charge in [0.1, 0.15) is 23.9 Å². The Labute approximate surface area is 243 Å². The molecule has 0 unspecified atom stereocenters. The van der Waals surface area contributed by atoms with E-state index in [-0.39, 0.29) is 85.1 Å². The lowest BCUT2D eigenvalue weighted by atomic mass is 9.97. The van der Waals surface area contributed by atoms with Crippen molar-refractivity contribution in [2.45, 2.75) is 38.6 Å². The highest BCUT2D eigenvalue weighted by molar-refractivity contribution is 6.01. The van der Waals surface area contributed by atoms with Gasteiger partial charge in [-0.1, -0.05) is 12.1 Å². The van der Waals surface area contributed by atoms with Crippen LogP contribution < -0.4 is 43.5 Å². The zero-order valence-corrected chi connectivity index (χ0v) is 23.7. The Hall–Kier alpha value is -5.14. The number of rotatable bonds is 17. The fraction of sp³-hybridized carbons (Fsp3) is 0.357. The number of carbonyl (C=O) groups is 4. The second kappa shape index (κ2) is 16.2. The van der Waals surface area contributed by atoms with Crippen LogP contribution >= 0.6 is 0 Å². The lowest BCUT2D eigenvalue weighted by Gasteiger charge is -2.19. The number of benzene rings is 2. The average molecular weight is 583 g/mol. The van der Waals surface area contributed by atoms with Crippen LogP contribution in [-0.4, -0.2) is 68.1 Å². The van der Waals surface area contributed by atoms with Crippen molar-refractivity contribution in [3.05, 3.63) is 58.7 Å². The molecule has 0 radical (unpaired) electrons. The lowest BCUT2D eigenvalue weighted by molar-refractivity contribution is -0.120. The van der Waals surface area contributed by atoms with Crippen LogP contribution in [0.3, 0.4) is 0 Å². The maximum Gasteiger partial charge on any atom is 0.255 e. The van der Waals surface area contributed by atoms with Crippen LogP contribution in [0, 0.1) is 0 Å². The number of amides is 2. The number of nitrogens with two attached hydrogens (primary N) is 5. The van der Waals surface area contributed by atoms with Crippen molar-refractivity contribution in [1.29, 1.82) is 0 Å². The van der Waals surface area contributed by atoms with Crippen molar-refractivity contribution in [1.82, 2.24) is 5.32 Å². The lowest BCUT2D eigenvalue weighted by Crippen LogP contribution is -2.42. The summed E-state index contributed by atoms with van der Waals surface area (Å²) in [5.41, 5.74) is 28.3. The summed E-state index contributed by atoms with van der Waals surface area (Å²) in [4.78, 5) is 58.2. The van der Waals surface area contributed by atoms with E-state index in [9.17, 15) is 19.2 Å². The Morgan fingerprint density at radius 1 is 0.833 bits per heavy atom. The molecule has 42 heavy (non-hydrogen) atoms. The van der Waals surface area contributed by atoms with Gasteiger partial charge in [-0.2, -0.15) is 0 Å². The predicted octanol–water partition coefficient (Wildman–Crippen LogP) is -0.458. The van der Waals surface area contributed by atoms with Gasteiger partial charge in [0.25, 0.3) is 11.8 Å². The van der Waals surface area contributed by atoms with E-state index in [1.807, 2.05) is 0 Å². The first-order valence-corrected chi connectivity index (χ1v) is 13.1. The highest BCUT2D eigenvalue weighted by Crippen LogP contribution is 2.23. The number of methoxy groups -OCH3 is 1. The van der Waals surface area contributed by atoms with Gasteiger partial charge in [0.15, 0.2) is 17.7 Å². The molecule has 0 saturated heterocycles. The van der Waals surface area contributed by atoms with Gasteiger partial charge in [-0.25, -0.2) is 0 Å². The fourth-order valence-electron chi connectivity index (χ4n) is 4.04. The van der Waals surface area contributed by atoms with Crippen LogP contribution in [0.25, 0.3) is 0 Å². The molecule has 0 bridgehead atoms. The summed E-state index contributed by atoms with van der Waals surface area (Å²) in [6.45, 7) is 1.96. The maximum absolute atomic E-state index is 13.5. The molecule has 14 heteroatoms. The molecule has 14 nitrogen and oxygen atoms in total. The summed E-state index contributed by atoms with van der Waals surface area (Å²) in [5, 5.41) is 2.78. The molecular formula is C28H38N8O6. The van der Waals surface area contributed by atoms with Crippen LogP contribution in [0.5, 0.6) is 11.5 Å². The van der Waals surface area contributed by atoms with Gasteiger partial charge in [-0.3, -0.25) is 29.2 Å². The molecule has 11 N–H and O–H groups in total. The van der Waals surface area contributed by atoms with E-state index >= 15 is 0 Å². The van der Waals surface area contributed by atoms with Crippen LogP contribution in [0.4, 0.5) is 0 Å². The minimum atomic E-state index is -0.930. The van der Waals surface area contributed by atoms with E-state index in [1.165, 1.54) is 26.2 Å². The maximum atomic E-state index is 13.5. The minimum absolute atomic E-state index is 0.0696. The molecule has 1 atom stereocenters. The van der Waals surface area contributed by atoms with Crippen molar-refractivity contribution in [2.24, 2.45) is 38.7 Å². The Morgan fingerprint density at radius 3 is 2.02 bits per heavy atom. The van der Waals surface area contributed by atoms with Gasteiger partial charge < -0.3 is 43.5 Å². The molecule has 0 aromatic heterocycles. The van der Waals surface area contributed by atoms with Gasteiger partial charge in [-0.15, -0.1) is 0 Å². The van der Waals surface area contributed by atoms with E-state index in [4.69, 9.17) is 38.1 Å². The van der Waals surface area contributed by atoms with E-state index in [2.05, 4.69) is 15.3 Å². The quantitative estimate of drug-likeness (QED) is 0.0794. The third-order valence-electron chi connectivity index (χ3n) is 5.93. The second-order valence-corrected chi connectivity index (χ2v) is 9.38. The summed E-state index contributed by atoms with van der Waals surface area (Å²) >= 11 is 0. The number of ether oxygens (including phenoxy) is 2. The minimum Gasteiger partial charge on any atom is -0.496 e. The predicted molar refractivity (Wildman–Crippen MR) is 158 cm³/mol. The van der Waals surface area contributed by atoms with Crippen molar-refractivity contribution in [3.8, 4) is 11.5 Å². The van der Waals surface area contributed by atoms with Gasteiger partial charge in [0, 0.05) is 19.4 Å². The summed E-state index contributed by atoms with van der Waals surface area (Å²) in [6.07, 6.45) is 0.640. The van der Waals surface area contributed by atoms with E-state index in [0.717, 1.165) is 0 Å². The number of nitrogens with zero attached hydrogens (tertiary/aromatic N) is 2. The third-order valence-corrected chi connectivity index (χ3v) is 5.93. The number of hydrogen-bond donors (Lipinski definition) is 6. The molecule has 0 aliphatic carbocycles. The van der Waals surface area contributed by atoms with Crippen LogP contribution in [0.15, 0.2) is 46.4 Å². The number of aliphatic imine (C=N–C) groups is 2. The first-order chi connectivity index (χ1) is 19.9. The Morgan fingerprint density at radius 2 is 1.43 bits per heavy atom. The standard InChI is InChI=1S/C28H38N8O6/c1-16(37)12-17-5-7-23(41-2)20(14-17)26(40)36-21(4-3-9-34-27(30)31)22(38)15-18-6-8-24(19(13-18)25(29)39)42-11-10-35-28(32)33/h5-8,13-14,21H,3-4,9-12,15H2,1-2H3,(H2,29,39)(H,36,40)(H4,30,31,34)(H4,32,33,35)/t21-/m1/s1. The molecule has 0 saturated carbocycles. The highest BCUT2D eigenvalue weighted by atomic mass is 16.5. The van der Waals surface area contributed by atoms with E-state index in [1.54, 1.807) is 24.3 Å². The zero-order valence-electron chi connectivity index (χ0n) is 23.7. The SMILES string of the molecule is COc1ccc(CC(C)=O)cc1C(=O)N[C@H](CCCN=C(N)N)C(=O)Cc1ccc(OCCN=C(N)N)c(C(N)=O)c1. The molecule has 0 aliphatic heterocycles. The largest absolute Gasteiger partial charge is 0.496 e. The van der Waals surface area contributed by atoms with Crippen molar-refractivity contribution < 1.29 is 28.7 Å². The van der Waals surface area contributed by atoms with Crippen LogP contribution in [0.2, 0.25) is 0 Å². The molecule has 0 fully saturated rings. The van der Waals surface area contributed by atoms with Gasteiger partial charge in [0.05, 0.1) is 30.8 Å². The number of carbonyl (C=O) groups excluding carboxylic acids is 4.